The molecule has 33 heavy (non-hydrogen) atoms. The second-order valence-corrected chi connectivity index (χ2v) is 9.27. The van der Waals surface area contributed by atoms with Crippen LogP contribution < -0.4 is 10.1 Å². The van der Waals surface area contributed by atoms with E-state index >= 15 is 0 Å². The number of nitrogens with one attached hydrogen (secondary N) is 1. The Labute approximate surface area is 201 Å². The van der Waals surface area contributed by atoms with E-state index in [0.717, 1.165) is 65.4 Å². The number of methoxy groups -OCH3 is 1. The molecule has 3 aromatic heterocycles. The maximum absolute atomic E-state index is 5.37. The van der Waals surface area contributed by atoms with Crippen LogP contribution in [-0.4, -0.2) is 44.7 Å². The van der Waals surface area contributed by atoms with Crippen LogP contribution in [0.5, 0.6) is 5.75 Å². The Hall–Kier alpha value is -2.97. The molecule has 5 rings (SSSR count). The van der Waals surface area contributed by atoms with Crippen molar-refractivity contribution >= 4 is 27.4 Å². The zero-order chi connectivity index (χ0) is 22.6. The summed E-state index contributed by atoms with van der Waals surface area (Å²) in [7, 11) is 1.72. The zero-order valence-corrected chi connectivity index (χ0v) is 20.2. The fourth-order valence-corrected chi connectivity index (χ4v) is 4.75. The van der Waals surface area contributed by atoms with Gasteiger partial charge in [0.05, 0.1) is 17.8 Å². The summed E-state index contributed by atoms with van der Waals surface area (Å²) in [5.41, 5.74) is 4.39. The van der Waals surface area contributed by atoms with Crippen molar-refractivity contribution in [3.8, 4) is 5.75 Å². The van der Waals surface area contributed by atoms with Crippen LogP contribution in [0.15, 0.2) is 65.5 Å². The summed E-state index contributed by atoms with van der Waals surface area (Å²) in [6, 6.07) is 14.5. The fourth-order valence-electron chi connectivity index (χ4n) is 4.40. The molecule has 1 aliphatic heterocycles. The number of piperidine rings is 1. The molecule has 0 atom stereocenters. The third-order valence-electron chi connectivity index (χ3n) is 6.19. The Morgan fingerprint density at radius 1 is 1.09 bits per heavy atom. The smallest absolute Gasteiger partial charge is 0.171 e. The summed E-state index contributed by atoms with van der Waals surface area (Å²) in [5.74, 6) is 2.29. The van der Waals surface area contributed by atoms with Crippen molar-refractivity contribution in [2.24, 2.45) is 0 Å². The van der Waals surface area contributed by atoms with E-state index in [0.29, 0.717) is 12.5 Å². The molecular weight excluding hydrogens is 480 g/mol. The quantitative estimate of drug-likeness (QED) is 0.385. The third kappa shape index (κ3) is 5.02. The summed E-state index contributed by atoms with van der Waals surface area (Å²) in [4.78, 5) is 11.7. The van der Waals surface area contributed by atoms with Crippen molar-refractivity contribution in [2.45, 2.75) is 31.8 Å². The van der Waals surface area contributed by atoms with E-state index in [9.17, 15) is 0 Å². The maximum atomic E-state index is 5.37. The monoisotopic (exact) mass is 506 g/mol. The Morgan fingerprint density at radius 2 is 1.94 bits per heavy atom. The van der Waals surface area contributed by atoms with Gasteiger partial charge in [-0.15, -0.1) is 0 Å². The minimum absolute atomic E-state index is 0.428. The number of nitrogens with zero attached hydrogens (tertiary/aromatic N) is 5. The molecule has 1 N–H and O–H groups in total. The minimum Gasteiger partial charge on any atom is -0.497 e. The lowest BCUT2D eigenvalue weighted by Crippen LogP contribution is -2.32. The predicted molar refractivity (Wildman–Crippen MR) is 132 cm³/mol. The first-order valence-electron chi connectivity index (χ1n) is 11.2. The lowest BCUT2D eigenvalue weighted by Gasteiger charge is -2.32. The van der Waals surface area contributed by atoms with Gasteiger partial charge in [0.15, 0.2) is 5.65 Å². The zero-order valence-electron chi connectivity index (χ0n) is 18.6. The number of rotatable bonds is 7. The van der Waals surface area contributed by atoms with Crippen LogP contribution in [0.2, 0.25) is 0 Å². The van der Waals surface area contributed by atoms with Gasteiger partial charge in [-0.1, -0.05) is 18.2 Å². The number of hydrogen-bond acceptors (Lipinski definition) is 6. The molecule has 0 amide bonds. The first-order chi connectivity index (χ1) is 16.2. The van der Waals surface area contributed by atoms with Gasteiger partial charge in [0, 0.05) is 43.2 Å². The second-order valence-electron chi connectivity index (χ2n) is 8.41. The maximum Gasteiger partial charge on any atom is 0.171 e. The van der Waals surface area contributed by atoms with Gasteiger partial charge in [-0.2, -0.15) is 9.61 Å². The first-order valence-corrected chi connectivity index (χ1v) is 12.0. The van der Waals surface area contributed by atoms with Crippen LogP contribution in [0.1, 0.15) is 35.6 Å². The van der Waals surface area contributed by atoms with Crippen molar-refractivity contribution < 1.29 is 4.74 Å². The van der Waals surface area contributed by atoms with Crippen molar-refractivity contribution in [3.05, 3.63) is 82.3 Å². The van der Waals surface area contributed by atoms with E-state index in [4.69, 9.17) is 9.72 Å². The molecule has 0 radical (unpaired) electrons. The van der Waals surface area contributed by atoms with Gasteiger partial charge in [-0.25, -0.2) is 4.98 Å². The number of pyridine rings is 1. The number of anilines is 1. The fraction of sp³-hybridized carbons (Fsp3) is 0.320. The van der Waals surface area contributed by atoms with Gasteiger partial charge in [0.25, 0.3) is 0 Å². The summed E-state index contributed by atoms with van der Waals surface area (Å²) in [5, 5.41) is 8.03. The van der Waals surface area contributed by atoms with Crippen LogP contribution in [0, 0.1) is 0 Å². The second kappa shape index (κ2) is 9.89. The molecule has 4 heterocycles. The number of ether oxygens (including phenoxy) is 1. The SMILES string of the molecule is COc1cccc(CN2CCC(c3cc(NCc4cccnc4)n4ncc(Br)c4n3)CC2)c1. The van der Waals surface area contributed by atoms with Gasteiger partial charge >= 0.3 is 0 Å². The molecule has 1 aromatic carbocycles. The molecule has 1 saturated heterocycles. The topological polar surface area (TPSA) is 67.6 Å². The predicted octanol–water partition coefficient (Wildman–Crippen LogP) is 4.89. The molecular formula is C25H27BrN6O. The highest BCUT2D eigenvalue weighted by atomic mass is 79.9. The Kier molecular flexibility index (Phi) is 6.55. The van der Waals surface area contributed by atoms with E-state index in [1.165, 1.54) is 5.56 Å². The third-order valence-corrected chi connectivity index (χ3v) is 6.75. The van der Waals surface area contributed by atoms with Gasteiger partial charge in [0.1, 0.15) is 11.6 Å². The van der Waals surface area contributed by atoms with Crippen molar-refractivity contribution in [1.82, 2.24) is 24.5 Å². The number of aromatic nitrogens is 4. The van der Waals surface area contributed by atoms with Gasteiger partial charge in [-0.05, 0) is 71.2 Å². The van der Waals surface area contributed by atoms with E-state index in [1.807, 2.05) is 22.8 Å². The number of likely N-dealkylation sites (tertiary alicyclic amines) is 1. The number of fused-ring (bicyclic) bond motifs is 1. The molecule has 8 heteroatoms. The summed E-state index contributed by atoms with van der Waals surface area (Å²) < 4.78 is 8.14. The normalized spacial score (nSPS) is 15.1. The van der Waals surface area contributed by atoms with E-state index < -0.39 is 0 Å². The molecule has 7 nitrogen and oxygen atoms in total. The number of hydrogen-bond donors (Lipinski definition) is 1. The average Bonchev–Trinajstić information content (AvgIpc) is 3.24. The highest BCUT2D eigenvalue weighted by Crippen LogP contribution is 2.31. The first kappa shape index (κ1) is 21.9. The molecule has 1 aliphatic rings. The van der Waals surface area contributed by atoms with Crippen LogP contribution in [0.4, 0.5) is 5.82 Å². The van der Waals surface area contributed by atoms with E-state index in [-0.39, 0.29) is 0 Å². The Morgan fingerprint density at radius 3 is 2.73 bits per heavy atom. The largest absolute Gasteiger partial charge is 0.497 e. The highest BCUT2D eigenvalue weighted by molar-refractivity contribution is 9.10. The molecule has 4 aromatic rings. The number of benzene rings is 1. The molecule has 0 aliphatic carbocycles. The molecule has 0 bridgehead atoms. The van der Waals surface area contributed by atoms with Gasteiger partial charge in [0.2, 0.25) is 0 Å². The molecule has 0 unspecified atom stereocenters. The molecule has 0 spiro atoms. The summed E-state index contributed by atoms with van der Waals surface area (Å²) in [6.45, 7) is 3.73. The molecule has 0 saturated carbocycles. The van der Waals surface area contributed by atoms with Crippen molar-refractivity contribution in [3.63, 3.8) is 0 Å². The summed E-state index contributed by atoms with van der Waals surface area (Å²) >= 11 is 3.61. The van der Waals surface area contributed by atoms with Crippen LogP contribution in [0.3, 0.4) is 0 Å². The number of halogens is 1. The molecule has 1 fully saturated rings. The van der Waals surface area contributed by atoms with Crippen LogP contribution in [-0.2, 0) is 13.1 Å². The minimum atomic E-state index is 0.428. The average molecular weight is 507 g/mol. The van der Waals surface area contributed by atoms with Gasteiger partial charge in [-0.3, -0.25) is 9.88 Å². The van der Waals surface area contributed by atoms with Crippen LogP contribution in [0.25, 0.3) is 5.65 Å². The van der Waals surface area contributed by atoms with Crippen molar-refractivity contribution in [2.75, 3.05) is 25.5 Å². The lowest BCUT2D eigenvalue weighted by atomic mass is 9.93. The van der Waals surface area contributed by atoms with E-state index in [2.05, 4.69) is 66.6 Å². The Balaban J connectivity index is 1.30. The van der Waals surface area contributed by atoms with Crippen LogP contribution >= 0.6 is 15.9 Å². The molecule has 170 valence electrons. The van der Waals surface area contributed by atoms with E-state index in [1.54, 1.807) is 19.5 Å². The summed E-state index contributed by atoms with van der Waals surface area (Å²) in [6.07, 6.45) is 7.64. The Bertz CT molecular complexity index is 1220. The van der Waals surface area contributed by atoms with Gasteiger partial charge < -0.3 is 10.1 Å². The highest BCUT2D eigenvalue weighted by Gasteiger charge is 2.23. The standard InChI is InChI=1S/C25H27BrN6O/c1-33-21-6-2-4-18(12-21)17-31-10-7-20(8-11-31)23-13-24(28-15-19-5-3-9-27-14-19)32-25(30-23)22(26)16-29-32/h2-6,9,12-14,16,20,28H,7-8,10-11,15,17H2,1H3. The lowest BCUT2D eigenvalue weighted by molar-refractivity contribution is 0.203. The van der Waals surface area contributed by atoms with Crippen molar-refractivity contribution in [1.29, 1.82) is 0 Å².